The van der Waals surface area contributed by atoms with E-state index in [4.69, 9.17) is 0 Å². The van der Waals surface area contributed by atoms with E-state index >= 15 is 0 Å². The molecule has 2 atom stereocenters. The molecule has 0 bridgehead atoms. The molecule has 0 spiro atoms. The van der Waals surface area contributed by atoms with Gasteiger partial charge in [-0.05, 0) is 38.3 Å². The molecule has 0 saturated carbocycles. The molecule has 17 heavy (non-hydrogen) atoms. The Morgan fingerprint density at radius 2 is 1.76 bits per heavy atom. The van der Waals surface area contributed by atoms with E-state index in [0.29, 0.717) is 17.4 Å². The Balaban J connectivity index is 2.34. The smallest absolute Gasteiger partial charge is 0.207 e. The first-order chi connectivity index (χ1) is 7.93. The Bertz CT molecular complexity index is 493. The number of benzene rings is 1. The van der Waals surface area contributed by atoms with Gasteiger partial charge in [-0.25, -0.2) is 8.42 Å². The van der Waals surface area contributed by atoms with Crippen LogP contribution in [0.25, 0.3) is 0 Å². The van der Waals surface area contributed by atoms with E-state index in [1.54, 1.807) is 16.4 Å². The molecule has 1 saturated heterocycles. The molecule has 0 amide bonds. The number of rotatable bonds is 2. The first-order valence-electron chi connectivity index (χ1n) is 6.01. The van der Waals surface area contributed by atoms with Gasteiger partial charge in [0.15, 0.2) is 0 Å². The summed E-state index contributed by atoms with van der Waals surface area (Å²) in [5.41, 5.74) is 1.08. The Hall–Kier alpha value is -0.870. The fourth-order valence-electron chi connectivity index (χ4n) is 2.24. The molecule has 1 aliphatic rings. The van der Waals surface area contributed by atoms with E-state index in [9.17, 15) is 8.42 Å². The molecule has 4 heteroatoms. The summed E-state index contributed by atoms with van der Waals surface area (Å²) in [5.74, 6) is 0.440. The molecule has 1 aromatic carbocycles. The summed E-state index contributed by atoms with van der Waals surface area (Å²) in [6, 6.07) is 7.18. The van der Waals surface area contributed by atoms with Gasteiger partial charge in [0.2, 0.25) is 10.0 Å². The lowest BCUT2D eigenvalue weighted by Gasteiger charge is -2.22. The summed E-state index contributed by atoms with van der Waals surface area (Å²) in [6.07, 6.45) is 0.951. The number of sulfonamides is 1. The van der Waals surface area contributed by atoms with E-state index in [1.807, 2.05) is 26.0 Å². The van der Waals surface area contributed by atoms with Crippen LogP contribution in [-0.2, 0) is 10.0 Å². The molecule has 1 aromatic rings. The van der Waals surface area contributed by atoms with Crippen molar-refractivity contribution in [2.24, 2.45) is 5.92 Å². The largest absolute Gasteiger partial charge is 0.243 e. The van der Waals surface area contributed by atoms with Crippen molar-refractivity contribution in [3.8, 4) is 0 Å². The van der Waals surface area contributed by atoms with Crippen molar-refractivity contribution >= 4 is 10.0 Å². The number of hydrogen-bond donors (Lipinski definition) is 0. The highest BCUT2D eigenvalue weighted by Gasteiger charge is 2.36. The van der Waals surface area contributed by atoms with Gasteiger partial charge < -0.3 is 0 Å². The highest BCUT2D eigenvalue weighted by Crippen LogP contribution is 2.29. The molecule has 3 nitrogen and oxygen atoms in total. The van der Waals surface area contributed by atoms with Gasteiger partial charge in [0.05, 0.1) is 4.90 Å². The number of nitrogens with zero attached hydrogens (tertiary/aromatic N) is 1. The van der Waals surface area contributed by atoms with Gasteiger partial charge in [-0.15, -0.1) is 0 Å². The quantitative estimate of drug-likeness (QED) is 0.811. The van der Waals surface area contributed by atoms with Crippen molar-refractivity contribution in [1.82, 2.24) is 4.31 Å². The third kappa shape index (κ3) is 2.24. The molecule has 1 fully saturated rings. The second-order valence-electron chi connectivity index (χ2n) is 4.94. The minimum absolute atomic E-state index is 0.0984. The van der Waals surface area contributed by atoms with Crippen LogP contribution >= 0.6 is 0 Å². The first-order valence-corrected chi connectivity index (χ1v) is 7.45. The van der Waals surface area contributed by atoms with Crippen LogP contribution < -0.4 is 0 Å². The van der Waals surface area contributed by atoms with Crippen LogP contribution in [0, 0.1) is 12.8 Å². The third-order valence-corrected chi connectivity index (χ3v) is 5.71. The summed E-state index contributed by atoms with van der Waals surface area (Å²) in [5, 5.41) is 0. The predicted molar refractivity (Wildman–Crippen MR) is 68.3 cm³/mol. The number of aryl methyl sites for hydroxylation is 1. The van der Waals surface area contributed by atoms with Crippen LogP contribution in [0.1, 0.15) is 25.8 Å². The van der Waals surface area contributed by atoms with E-state index < -0.39 is 10.0 Å². The summed E-state index contributed by atoms with van der Waals surface area (Å²) in [7, 11) is -3.30. The van der Waals surface area contributed by atoms with E-state index in [1.165, 1.54) is 0 Å². The first kappa shape index (κ1) is 12.6. The highest BCUT2D eigenvalue weighted by atomic mass is 32.2. The van der Waals surface area contributed by atoms with Crippen LogP contribution in [-0.4, -0.2) is 25.3 Å². The maximum absolute atomic E-state index is 12.4. The van der Waals surface area contributed by atoms with Crippen molar-refractivity contribution in [1.29, 1.82) is 0 Å². The third-order valence-electron chi connectivity index (χ3n) is 3.71. The summed E-state index contributed by atoms with van der Waals surface area (Å²) in [4.78, 5) is 0.407. The molecule has 2 rings (SSSR count). The van der Waals surface area contributed by atoms with Gasteiger partial charge in [-0.3, -0.25) is 0 Å². The van der Waals surface area contributed by atoms with Crippen molar-refractivity contribution in [2.45, 2.75) is 38.1 Å². The normalized spacial score (nSPS) is 26.3. The fourth-order valence-corrected chi connectivity index (χ4v) is 3.99. The Morgan fingerprint density at radius 1 is 1.18 bits per heavy atom. The maximum Gasteiger partial charge on any atom is 0.243 e. The molecule has 94 valence electrons. The summed E-state index contributed by atoms with van der Waals surface area (Å²) in [6.45, 7) is 6.69. The van der Waals surface area contributed by atoms with Crippen LogP contribution in [0.4, 0.5) is 0 Å². The molecule has 0 unspecified atom stereocenters. The van der Waals surface area contributed by atoms with Gasteiger partial charge in [0, 0.05) is 12.6 Å². The summed E-state index contributed by atoms with van der Waals surface area (Å²) < 4.78 is 26.5. The molecular formula is C13H19NO2S. The van der Waals surface area contributed by atoms with Crippen LogP contribution in [0.5, 0.6) is 0 Å². The fraction of sp³-hybridized carbons (Fsp3) is 0.538. The van der Waals surface area contributed by atoms with Crippen molar-refractivity contribution in [3.05, 3.63) is 29.8 Å². The molecule has 0 N–H and O–H groups in total. The Morgan fingerprint density at radius 3 is 2.24 bits per heavy atom. The Kier molecular flexibility index (Phi) is 3.27. The average Bonchev–Trinajstić information content (AvgIpc) is 2.61. The molecule has 1 aliphatic heterocycles. The zero-order chi connectivity index (χ0) is 12.6. The van der Waals surface area contributed by atoms with Gasteiger partial charge in [-0.2, -0.15) is 4.31 Å². The maximum atomic E-state index is 12.4. The molecular weight excluding hydrogens is 234 g/mol. The molecule has 0 radical (unpaired) electrons. The minimum Gasteiger partial charge on any atom is -0.207 e. The topological polar surface area (TPSA) is 37.4 Å². The molecule has 1 heterocycles. The number of hydrogen-bond acceptors (Lipinski definition) is 2. The van der Waals surface area contributed by atoms with Crippen LogP contribution in [0.2, 0.25) is 0 Å². The highest BCUT2D eigenvalue weighted by molar-refractivity contribution is 7.89. The zero-order valence-corrected chi connectivity index (χ0v) is 11.4. The predicted octanol–water partition coefficient (Wildman–Crippen LogP) is 2.41. The lowest BCUT2D eigenvalue weighted by Crippen LogP contribution is -2.35. The van der Waals surface area contributed by atoms with Gasteiger partial charge >= 0.3 is 0 Å². The van der Waals surface area contributed by atoms with Crippen LogP contribution in [0.3, 0.4) is 0 Å². The van der Waals surface area contributed by atoms with Crippen molar-refractivity contribution in [2.75, 3.05) is 6.54 Å². The average molecular weight is 253 g/mol. The van der Waals surface area contributed by atoms with Crippen molar-refractivity contribution in [3.63, 3.8) is 0 Å². The van der Waals surface area contributed by atoms with Gasteiger partial charge in [0.1, 0.15) is 0 Å². The molecule has 0 aromatic heterocycles. The minimum atomic E-state index is -3.30. The lowest BCUT2D eigenvalue weighted by atomic mass is 10.1. The van der Waals surface area contributed by atoms with E-state index in [-0.39, 0.29) is 6.04 Å². The molecule has 0 aliphatic carbocycles. The summed E-state index contributed by atoms with van der Waals surface area (Å²) >= 11 is 0. The van der Waals surface area contributed by atoms with Crippen LogP contribution in [0.15, 0.2) is 29.2 Å². The lowest BCUT2D eigenvalue weighted by molar-refractivity contribution is 0.371. The second-order valence-corrected chi connectivity index (χ2v) is 6.83. The van der Waals surface area contributed by atoms with E-state index in [0.717, 1.165) is 12.0 Å². The Labute approximate surface area is 104 Å². The monoisotopic (exact) mass is 253 g/mol. The van der Waals surface area contributed by atoms with Gasteiger partial charge in [0.25, 0.3) is 0 Å². The van der Waals surface area contributed by atoms with Gasteiger partial charge in [-0.1, -0.05) is 24.6 Å². The SMILES string of the molecule is Cc1ccc(S(=O)(=O)N2CC[C@@H](C)[C@H]2C)cc1. The van der Waals surface area contributed by atoms with E-state index in [2.05, 4.69) is 6.92 Å². The van der Waals surface area contributed by atoms with Crippen molar-refractivity contribution < 1.29 is 8.42 Å². The second kappa shape index (κ2) is 4.42. The standard InChI is InChI=1S/C13H19NO2S/c1-10-4-6-13(7-5-10)17(15,16)14-9-8-11(2)12(14)3/h4-7,11-12H,8-9H2,1-3H3/t11-,12-/m1/s1. The zero-order valence-electron chi connectivity index (χ0n) is 10.6.